The summed E-state index contributed by atoms with van der Waals surface area (Å²) >= 11 is 0. The molecule has 7 nitrogen and oxygen atoms in total. The maximum atomic E-state index is 12.9. The van der Waals surface area contributed by atoms with Crippen molar-refractivity contribution in [1.29, 1.82) is 0 Å². The van der Waals surface area contributed by atoms with Crippen LogP contribution in [-0.4, -0.2) is 64.3 Å². The number of piperazine rings is 1. The molecule has 1 amide bonds. The molecule has 1 aromatic rings. The van der Waals surface area contributed by atoms with Crippen molar-refractivity contribution in [3.05, 3.63) is 29.8 Å². The Morgan fingerprint density at radius 3 is 2.52 bits per heavy atom. The van der Waals surface area contributed by atoms with Crippen molar-refractivity contribution in [2.24, 2.45) is 11.7 Å². The molecule has 1 heterocycles. The summed E-state index contributed by atoms with van der Waals surface area (Å²) in [6.45, 7) is 9.05. The smallest absolute Gasteiger partial charge is 0.306 e. The van der Waals surface area contributed by atoms with Crippen LogP contribution in [0.5, 0.6) is 0 Å². The van der Waals surface area contributed by atoms with E-state index < -0.39 is 24.0 Å². The zero-order valence-electron chi connectivity index (χ0n) is 18.0. The van der Waals surface area contributed by atoms with Gasteiger partial charge in [0, 0.05) is 30.4 Å². The average molecular weight is 406 g/mol. The lowest BCUT2D eigenvalue weighted by Gasteiger charge is -2.48. The Hall–Kier alpha value is -1.96. The van der Waals surface area contributed by atoms with Crippen LogP contribution in [0.1, 0.15) is 46.1 Å². The monoisotopic (exact) mass is 405 g/mol. The van der Waals surface area contributed by atoms with Crippen molar-refractivity contribution in [3.8, 4) is 0 Å². The fourth-order valence-corrected chi connectivity index (χ4v) is 3.93. The molecule has 1 aliphatic rings. The van der Waals surface area contributed by atoms with Crippen molar-refractivity contribution in [2.75, 3.05) is 24.5 Å². The summed E-state index contributed by atoms with van der Waals surface area (Å²) in [5, 5.41) is 19.6. The molecule has 0 radical (unpaired) electrons. The SMILES string of the molecule is CCc1ccccc1N1CC(C)(C)N(C[C@H](N)[C@@H](O)C[C@@H](CC)C(=O)O)CC1=O. The minimum Gasteiger partial charge on any atom is -0.481 e. The Bertz CT molecular complexity index is 722. The largest absolute Gasteiger partial charge is 0.481 e. The molecule has 0 aromatic heterocycles. The summed E-state index contributed by atoms with van der Waals surface area (Å²) in [4.78, 5) is 28.0. The van der Waals surface area contributed by atoms with E-state index in [1.165, 1.54) is 0 Å². The number of carboxylic acid groups (broad SMARTS) is 1. The molecule has 3 atom stereocenters. The van der Waals surface area contributed by atoms with Crippen LogP contribution >= 0.6 is 0 Å². The summed E-state index contributed by atoms with van der Waals surface area (Å²) in [7, 11) is 0. The van der Waals surface area contributed by atoms with Gasteiger partial charge in [0.05, 0.1) is 18.6 Å². The number of hydrogen-bond acceptors (Lipinski definition) is 5. The first-order valence-corrected chi connectivity index (χ1v) is 10.4. The molecule has 1 aliphatic heterocycles. The molecule has 29 heavy (non-hydrogen) atoms. The maximum Gasteiger partial charge on any atom is 0.306 e. The van der Waals surface area contributed by atoms with Gasteiger partial charge in [0.1, 0.15) is 0 Å². The molecule has 7 heteroatoms. The van der Waals surface area contributed by atoms with Gasteiger partial charge >= 0.3 is 5.97 Å². The van der Waals surface area contributed by atoms with Gasteiger partial charge in [-0.25, -0.2) is 0 Å². The van der Waals surface area contributed by atoms with Crippen LogP contribution in [0.25, 0.3) is 0 Å². The summed E-state index contributed by atoms with van der Waals surface area (Å²) < 4.78 is 0. The highest BCUT2D eigenvalue weighted by atomic mass is 16.4. The Morgan fingerprint density at radius 2 is 1.93 bits per heavy atom. The number of aliphatic hydroxyl groups excluding tert-OH is 1. The van der Waals surface area contributed by atoms with Crippen LogP contribution < -0.4 is 10.6 Å². The van der Waals surface area contributed by atoms with Gasteiger partial charge in [-0.2, -0.15) is 0 Å². The fraction of sp³-hybridized carbons (Fsp3) is 0.636. The number of benzene rings is 1. The highest BCUT2D eigenvalue weighted by Crippen LogP contribution is 2.29. The first-order valence-electron chi connectivity index (χ1n) is 10.4. The van der Waals surface area contributed by atoms with E-state index in [4.69, 9.17) is 5.73 Å². The summed E-state index contributed by atoms with van der Waals surface area (Å²) in [5.41, 5.74) is 7.95. The number of carboxylic acids is 1. The Morgan fingerprint density at radius 1 is 1.28 bits per heavy atom. The minimum atomic E-state index is -0.930. The second kappa shape index (κ2) is 9.69. The third-order valence-electron chi connectivity index (χ3n) is 5.99. The molecule has 0 unspecified atom stereocenters. The molecule has 0 spiro atoms. The van der Waals surface area contributed by atoms with E-state index in [0.29, 0.717) is 19.5 Å². The van der Waals surface area contributed by atoms with Gasteiger partial charge in [0.25, 0.3) is 0 Å². The van der Waals surface area contributed by atoms with Crippen molar-refractivity contribution < 1.29 is 19.8 Å². The molecule has 4 N–H and O–H groups in total. The lowest BCUT2D eigenvalue weighted by Crippen LogP contribution is -2.64. The number of amides is 1. The first-order chi connectivity index (χ1) is 13.6. The second-order valence-electron chi connectivity index (χ2n) is 8.57. The number of carbonyl (C=O) groups is 2. The van der Waals surface area contributed by atoms with Crippen LogP contribution in [0.3, 0.4) is 0 Å². The highest BCUT2D eigenvalue weighted by molar-refractivity contribution is 5.96. The van der Waals surface area contributed by atoms with E-state index in [2.05, 4.69) is 20.8 Å². The zero-order valence-corrected chi connectivity index (χ0v) is 18.0. The maximum absolute atomic E-state index is 12.9. The van der Waals surface area contributed by atoms with E-state index in [1.807, 2.05) is 34.1 Å². The van der Waals surface area contributed by atoms with Crippen molar-refractivity contribution in [1.82, 2.24) is 4.90 Å². The van der Waals surface area contributed by atoms with Crippen molar-refractivity contribution >= 4 is 17.6 Å². The summed E-state index contributed by atoms with van der Waals surface area (Å²) in [6, 6.07) is 7.33. The fourth-order valence-electron chi connectivity index (χ4n) is 3.93. The molecule has 1 aromatic carbocycles. The molecule has 162 valence electrons. The molecule has 1 fully saturated rings. The lowest BCUT2D eigenvalue weighted by atomic mass is 9.92. The summed E-state index contributed by atoms with van der Waals surface area (Å²) in [5.74, 6) is -1.53. The molecule has 0 bridgehead atoms. The van der Waals surface area contributed by atoms with Gasteiger partial charge in [0.2, 0.25) is 5.91 Å². The first kappa shape index (κ1) is 23.3. The molecule has 0 aliphatic carbocycles. The molecular weight excluding hydrogens is 370 g/mol. The van der Waals surface area contributed by atoms with E-state index >= 15 is 0 Å². The van der Waals surface area contributed by atoms with Crippen LogP contribution in [0.15, 0.2) is 24.3 Å². The number of nitrogens with two attached hydrogens (primary N) is 1. The average Bonchev–Trinajstić information content (AvgIpc) is 2.68. The van der Waals surface area contributed by atoms with Crippen LogP contribution in [0, 0.1) is 5.92 Å². The van der Waals surface area contributed by atoms with E-state index in [0.717, 1.165) is 17.7 Å². The number of aliphatic hydroxyl groups is 1. The number of aryl methyl sites for hydroxylation is 1. The van der Waals surface area contributed by atoms with Crippen LogP contribution in [0.4, 0.5) is 5.69 Å². The van der Waals surface area contributed by atoms with Gasteiger partial charge in [0.15, 0.2) is 0 Å². The van der Waals surface area contributed by atoms with Gasteiger partial charge in [-0.1, -0.05) is 32.0 Å². The van der Waals surface area contributed by atoms with Crippen molar-refractivity contribution in [2.45, 2.75) is 64.6 Å². The van der Waals surface area contributed by atoms with Crippen LogP contribution in [-0.2, 0) is 16.0 Å². The van der Waals surface area contributed by atoms with E-state index in [1.54, 1.807) is 6.92 Å². The minimum absolute atomic E-state index is 0.00360. The number of hydrogen-bond donors (Lipinski definition) is 3. The third kappa shape index (κ3) is 5.56. The number of anilines is 1. The lowest BCUT2D eigenvalue weighted by molar-refractivity contribution is -0.143. The topological polar surface area (TPSA) is 107 Å². The predicted molar refractivity (Wildman–Crippen MR) is 114 cm³/mol. The van der Waals surface area contributed by atoms with Crippen molar-refractivity contribution in [3.63, 3.8) is 0 Å². The number of rotatable bonds is 9. The number of para-hydroxylation sites is 1. The van der Waals surface area contributed by atoms with E-state index in [-0.39, 0.29) is 24.4 Å². The Balaban J connectivity index is 2.09. The quantitative estimate of drug-likeness (QED) is 0.579. The highest BCUT2D eigenvalue weighted by Gasteiger charge is 2.40. The van der Waals surface area contributed by atoms with Gasteiger partial charge in [-0.05, 0) is 44.7 Å². The molecule has 0 saturated carbocycles. The van der Waals surface area contributed by atoms with Gasteiger partial charge < -0.3 is 20.8 Å². The zero-order chi connectivity index (χ0) is 21.8. The normalized spacial score (nSPS) is 20.3. The molecule has 2 rings (SSSR count). The number of aliphatic carboxylic acids is 1. The van der Waals surface area contributed by atoms with Gasteiger partial charge in [-0.3, -0.25) is 14.5 Å². The second-order valence-corrected chi connectivity index (χ2v) is 8.57. The molecular formula is C22H35N3O4. The predicted octanol–water partition coefficient (Wildman–Crippen LogP) is 1.87. The van der Waals surface area contributed by atoms with Gasteiger partial charge in [-0.15, -0.1) is 0 Å². The Labute approximate surface area is 173 Å². The third-order valence-corrected chi connectivity index (χ3v) is 5.99. The standard InChI is InChI=1S/C22H35N3O4/c1-5-15-9-7-8-10-18(15)25-14-22(3,4)24(13-20(25)27)12-17(23)19(26)11-16(6-2)21(28)29/h7-10,16-17,19,26H,5-6,11-14,23H2,1-4H3,(H,28,29)/t16-,17+,19+/m1/s1. The molecule has 1 saturated heterocycles. The number of nitrogens with zero attached hydrogens (tertiary/aromatic N) is 2. The summed E-state index contributed by atoms with van der Waals surface area (Å²) in [6.07, 6.45) is 0.480. The van der Waals surface area contributed by atoms with E-state index in [9.17, 15) is 19.8 Å². The number of carbonyl (C=O) groups excluding carboxylic acids is 1. The Kier molecular flexibility index (Phi) is 7.80. The van der Waals surface area contributed by atoms with Crippen LogP contribution in [0.2, 0.25) is 0 Å².